The summed E-state index contributed by atoms with van der Waals surface area (Å²) in [6, 6.07) is 1.94. The van der Waals surface area contributed by atoms with Crippen molar-refractivity contribution in [3.05, 3.63) is 28.5 Å². The lowest BCUT2D eigenvalue weighted by Crippen LogP contribution is -2.19. The van der Waals surface area contributed by atoms with Gasteiger partial charge in [-0.05, 0) is 6.92 Å². The summed E-state index contributed by atoms with van der Waals surface area (Å²) in [7, 11) is 3.63. The van der Waals surface area contributed by atoms with Crippen molar-refractivity contribution in [2.45, 2.75) is 20.1 Å². The summed E-state index contributed by atoms with van der Waals surface area (Å²) in [5.74, 6) is 2.34. The highest BCUT2D eigenvalue weighted by Gasteiger charge is 2.09. The van der Waals surface area contributed by atoms with E-state index in [1.807, 2.05) is 30.9 Å². The summed E-state index contributed by atoms with van der Waals surface area (Å²) in [4.78, 5) is 15.3. The van der Waals surface area contributed by atoms with Crippen LogP contribution >= 0.6 is 11.3 Å². The fourth-order valence-electron chi connectivity index (χ4n) is 1.78. The van der Waals surface area contributed by atoms with Crippen LogP contribution in [0.5, 0.6) is 0 Å². The highest BCUT2D eigenvalue weighted by Crippen LogP contribution is 2.17. The van der Waals surface area contributed by atoms with Gasteiger partial charge in [-0.25, -0.2) is 15.0 Å². The van der Waals surface area contributed by atoms with Crippen molar-refractivity contribution >= 4 is 23.0 Å². The van der Waals surface area contributed by atoms with Gasteiger partial charge in [-0.2, -0.15) is 0 Å². The lowest BCUT2D eigenvalue weighted by molar-refractivity contribution is 0.178. The molecule has 0 saturated carbocycles. The van der Waals surface area contributed by atoms with Crippen LogP contribution in [0.3, 0.4) is 0 Å². The second-order valence-electron chi connectivity index (χ2n) is 4.33. The van der Waals surface area contributed by atoms with Crippen LogP contribution in [-0.2, 0) is 17.9 Å². The lowest BCUT2D eigenvalue weighted by Gasteiger charge is -2.18. The number of anilines is 2. The molecule has 0 saturated heterocycles. The largest absolute Gasteiger partial charge is 0.377 e. The zero-order chi connectivity index (χ0) is 14.4. The first-order valence-corrected chi connectivity index (χ1v) is 7.36. The molecule has 1 N–H and O–H groups in total. The molecule has 0 aliphatic heterocycles. The van der Waals surface area contributed by atoms with E-state index in [9.17, 15) is 0 Å². The van der Waals surface area contributed by atoms with E-state index in [4.69, 9.17) is 4.74 Å². The summed E-state index contributed by atoms with van der Waals surface area (Å²) < 4.78 is 5.12. The average Bonchev–Trinajstić information content (AvgIpc) is 2.92. The molecule has 20 heavy (non-hydrogen) atoms. The molecule has 6 nitrogen and oxygen atoms in total. The van der Waals surface area contributed by atoms with Gasteiger partial charge in [-0.3, -0.25) is 0 Å². The average molecular weight is 293 g/mol. The number of ether oxygens (including phenoxy) is 1. The number of hydrogen-bond acceptors (Lipinski definition) is 7. The van der Waals surface area contributed by atoms with E-state index in [0.717, 1.165) is 30.4 Å². The summed E-state index contributed by atoms with van der Waals surface area (Å²) in [5.41, 5.74) is 2.87. The van der Waals surface area contributed by atoms with Gasteiger partial charge in [-0.1, -0.05) is 0 Å². The normalized spacial score (nSPS) is 10.6. The van der Waals surface area contributed by atoms with E-state index in [0.29, 0.717) is 12.4 Å². The van der Waals surface area contributed by atoms with Gasteiger partial charge >= 0.3 is 0 Å². The maximum atomic E-state index is 5.12. The summed E-state index contributed by atoms with van der Waals surface area (Å²) >= 11 is 1.60. The number of aromatic nitrogens is 3. The van der Waals surface area contributed by atoms with E-state index >= 15 is 0 Å². The van der Waals surface area contributed by atoms with Gasteiger partial charge in [0.05, 0.1) is 17.7 Å². The van der Waals surface area contributed by atoms with E-state index in [-0.39, 0.29) is 0 Å². The Hall–Kier alpha value is -1.73. The van der Waals surface area contributed by atoms with Crippen LogP contribution in [0.2, 0.25) is 0 Å². The van der Waals surface area contributed by atoms with Crippen LogP contribution in [0.15, 0.2) is 17.0 Å². The van der Waals surface area contributed by atoms with Crippen molar-refractivity contribution in [1.82, 2.24) is 15.0 Å². The Bertz CT molecular complexity index is 507. The van der Waals surface area contributed by atoms with Crippen molar-refractivity contribution in [1.29, 1.82) is 0 Å². The molecule has 2 rings (SSSR count). The molecule has 0 fully saturated rings. The number of nitrogens with zero attached hydrogens (tertiary/aromatic N) is 4. The number of methoxy groups -OCH3 is 1. The Balaban J connectivity index is 2.19. The molecule has 2 aromatic rings. The minimum Gasteiger partial charge on any atom is -0.377 e. The molecule has 0 atom stereocenters. The second kappa shape index (κ2) is 7.16. The molecule has 7 heteroatoms. The van der Waals surface area contributed by atoms with Crippen LogP contribution in [-0.4, -0.2) is 35.7 Å². The van der Waals surface area contributed by atoms with Crippen LogP contribution in [0, 0.1) is 0 Å². The molecule has 2 aromatic heterocycles. The third kappa shape index (κ3) is 3.88. The zero-order valence-corrected chi connectivity index (χ0v) is 12.8. The first-order valence-electron chi connectivity index (χ1n) is 6.42. The fourth-order valence-corrected chi connectivity index (χ4v) is 2.33. The first-order chi connectivity index (χ1) is 9.72. The van der Waals surface area contributed by atoms with Crippen molar-refractivity contribution in [2.75, 3.05) is 30.9 Å². The molecular weight excluding hydrogens is 274 g/mol. The van der Waals surface area contributed by atoms with Gasteiger partial charge in [0.25, 0.3) is 0 Å². The highest BCUT2D eigenvalue weighted by atomic mass is 32.1. The molecule has 0 spiro atoms. The van der Waals surface area contributed by atoms with E-state index < -0.39 is 0 Å². The Labute approximate surface area is 122 Å². The minimum absolute atomic E-state index is 0.400. The third-order valence-corrected chi connectivity index (χ3v) is 3.30. The Morgan fingerprint density at radius 2 is 2.25 bits per heavy atom. The predicted octanol–water partition coefficient (Wildman–Crippen LogP) is 2.15. The number of rotatable bonds is 7. The van der Waals surface area contributed by atoms with Gasteiger partial charge in [0.2, 0.25) is 0 Å². The number of thiazole rings is 1. The molecular formula is C13H19N5OS. The van der Waals surface area contributed by atoms with Crippen molar-refractivity contribution in [2.24, 2.45) is 0 Å². The minimum atomic E-state index is 0.400. The van der Waals surface area contributed by atoms with Crippen LogP contribution in [0.4, 0.5) is 11.6 Å². The molecule has 0 radical (unpaired) electrons. The van der Waals surface area contributed by atoms with Crippen LogP contribution in [0.1, 0.15) is 18.4 Å². The second-order valence-corrected chi connectivity index (χ2v) is 5.05. The SMILES string of the molecule is CCNc1cc(N(C)Cc2cscn2)nc(COC)n1. The monoisotopic (exact) mass is 293 g/mol. The molecule has 0 aliphatic carbocycles. The number of nitrogens with one attached hydrogen (secondary N) is 1. The highest BCUT2D eigenvalue weighted by molar-refractivity contribution is 7.07. The molecule has 0 aliphatic rings. The number of hydrogen-bond donors (Lipinski definition) is 1. The van der Waals surface area contributed by atoms with E-state index in [1.165, 1.54) is 0 Å². The summed E-state index contributed by atoms with van der Waals surface area (Å²) in [6.45, 7) is 3.98. The van der Waals surface area contributed by atoms with Gasteiger partial charge in [0.15, 0.2) is 5.82 Å². The molecule has 0 aromatic carbocycles. The van der Waals surface area contributed by atoms with Gasteiger partial charge in [0, 0.05) is 32.1 Å². The van der Waals surface area contributed by atoms with E-state index in [1.54, 1.807) is 18.4 Å². The molecule has 2 heterocycles. The van der Waals surface area contributed by atoms with Crippen molar-refractivity contribution in [3.63, 3.8) is 0 Å². The molecule has 108 valence electrons. The Morgan fingerprint density at radius 1 is 1.40 bits per heavy atom. The predicted molar refractivity (Wildman–Crippen MR) is 81.1 cm³/mol. The van der Waals surface area contributed by atoms with Crippen LogP contribution < -0.4 is 10.2 Å². The third-order valence-electron chi connectivity index (χ3n) is 2.66. The van der Waals surface area contributed by atoms with Crippen molar-refractivity contribution < 1.29 is 4.74 Å². The van der Waals surface area contributed by atoms with Gasteiger partial charge in [-0.15, -0.1) is 11.3 Å². The van der Waals surface area contributed by atoms with Gasteiger partial charge in [0.1, 0.15) is 18.2 Å². The topological polar surface area (TPSA) is 63.2 Å². The lowest BCUT2D eigenvalue weighted by atomic mass is 10.4. The standard InChI is InChI=1S/C13H19N5OS/c1-4-14-11-5-13(17-12(16-11)7-19-3)18(2)6-10-8-20-9-15-10/h5,8-9H,4,6-7H2,1-3H3,(H,14,16,17). The molecule has 0 bridgehead atoms. The Morgan fingerprint density at radius 3 is 2.90 bits per heavy atom. The maximum Gasteiger partial charge on any atom is 0.158 e. The first kappa shape index (κ1) is 14.7. The van der Waals surface area contributed by atoms with Gasteiger partial charge < -0.3 is 15.0 Å². The maximum absolute atomic E-state index is 5.12. The fraction of sp³-hybridized carbons (Fsp3) is 0.462. The quantitative estimate of drug-likeness (QED) is 0.844. The van der Waals surface area contributed by atoms with Crippen molar-refractivity contribution in [3.8, 4) is 0 Å². The summed E-state index contributed by atoms with van der Waals surface area (Å²) in [6.07, 6.45) is 0. The summed E-state index contributed by atoms with van der Waals surface area (Å²) in [5, 5.41) is 5.25. The zero-order valence-electron chi connectivity index (χ0n) is 12.0. The van der Waals surface area contributed by atoms with Crippen LogP contribution in [0.25, 0.3) is 0 Å². The molecule has 0 amide bonds. The smallest absolute Gasteiger partial charge is 0.158 e. The van der Waals surface area contributed by atoms with E-state index in [2.05, 4.69) is 25.2 Å². The molecule has 0 unspecified atom stereocenters. The Kier molecular flexibility index (Phi) is 5.25.